The van der Waals surface area contributed by atoms with Gasteiger partial charge in [0.2, 0.25) is 0 Å². The van der Waals surface area contributed by atoms with Crippen molar-refractivity contribution in [1.82, 2.24) is 4.90 Å². The summed E-state index contributed by atoms with van der Waals surface area (Å²) in [5.41, 5.74) is 0.932. The molecule has 6 heteroatoms. The summed E-state index contributed by atoms with van der Waals surface area (Å²) < 4.78 is 11.9. The summed E-state index contributed by atoms with van der Waals surface area (Å²) in [4.78, 5) is 2.00. The fraction of sp³-hybridized carbons (Fsp3) is 0.118. The average Bonchev–Trinajstić information content (AvgIpc) is 3.22. The van der Waals surface area contributed by atoms with Gasteiger partial charge < -0.3 is 19.1 Å². The molecule has 1 N–H and O–H groups in total. The molecule has 0 bridgehead atoms. The van der Waals surface area contributed by atoms with Crippen molar-refractivity contribution in [3.05, 3.63) is 77.1 Å². The monoisotopic (exact) mass is 390 g/mol. The predicted molar refractivity (Wildman–Crippen MR) is 97.0 cm³/mol. The Kier molecular flexibility index (Phi) is 5.15. The zero-order chi connectivity index (χ0) is 16.1. The van der Waals surface area contributed by atoms with E-state index in [4.69, 9.17) is 21.1 Å². The largest absolute Gasteiger partial charge is 0.467 e. The standard InChI is InChI=1S/C17H15BrN2O2S/c18-13-5-7-14(8-6-13)19-17(23)20(11-15-3-1-9-21-15)12-16-4-2-10-22-16/h1-10H,11-12H2,(H,19,23). The topological polar surface area (TPSA) is 41.5 Å². The van der Waals surface area contributed by atoms with Crippen molar-refractivity contribution >= 4 is 38.9 Å². The Hall–Kier alpha value is -2.05. The minimum absolute atomic E-state index is 0.566. The lowest BCUT2D eigenvalue weighted by molar-refractivity contribution is 0.329. The molecule has 0 aliphatic heterocycles. The summed E-state index contributed by atoms with van der Waals surface area (Å²) in [6.07, 6.45) is 3.32. The summed E-state index contributed by atoms with van der Waals surface area (Å²) in [7, 11) is 0. The van der Waals surface area contributed by atoms with Gasteiger partial charge in [0.15, 0.2) is 5.11 Å². The van der Waals surface area contributed by atoms with E-state index in [0.29, 0.717) is 18.2 Å². The van der Waals surface area contributed by atoms with Gasteiger partial charge in [0, 0.05) is 10.2 Å². The van der Waals surface area contributed by atoms with Crippen LogP contribution in [0.1, 0.15) is 11.5 Å². The first kappa shape index (κ1) is 15.8. The van der Waals surface area contributed by atoms with Gasteiger partial charge in [-0.15, -0.1) is 0 Å². The third-order valence-corrected chi connectivity index (χ3v) is 4.13. The predicted octanol–water partition coefficient (Wildman–Crippen LogP) is 5.03. The van der Waals surface area contributed by atoms with Crippen LogP contribution in [0, 0.1) is 0 Å². The van der Waals surface area contributed by atoms with Gasteiger partial charge in [-0.2, -0.15) is 0 Å². The highest BCUT2D eigenvalue weighted by molar-refractivity contribution is 9.10. The second-order valence-electron chi connectivity index (χ2n) is 4.95. The van der Waals surface area contributed by atoms with E-state index in [1.165, 1.54) is 0 Å². The minimum atomic E-state index is 0.566. The van der Waals surface area contributed by atoms with Gasteiger partial charge in [0.25, 0.3) is 0 Å². The van der Waals surface area contributed by atoms with E-state index in [-0.39, 0.29) is 0 Å². The van der Waals surface area contributed by atoms with E-state index >= 15 is 0 Å². The van der Waals surface area contributed by atoms with Crippen molar-refractivity contribution in [1.29, 1.82) is 0 Å². The van der Waals surface area contributed by atoms with Crippen molar-refractivity contribution in [3.8, 4) is 0 Å². The van der Waals surface area contributed by atoms with Gasteiger partial charge >= 0.3 is 0 Å². The van der Waals surface area contributed by atoms with Crippen LogP contribution in [-0.4, -0.2) is 10.0 Å². The first-order chi connectivity index (χ1) is 11.2. The van der Waals surface area contributed by atoms with Crippen molar-refractivity contribution in [2.45, 2.75) is 13.1 Å². The lowest BCUT2D eigenvalue weighted by Crippen LogP contribution is -2.33. The SMILES string of the molecule is S=C(Nc1ccc(Br)cc1)N(Cc1ccco1)Cc1ccco1. The van der Waals surface area contributed by atoms with Crippen LogP contribution in [0.5, 0.6) is 0 Å². The van der Waals surface area contributed by atoms with Gasteiger partial charge in [-0.1, -0.05) is 15.9 Å². The van der Waals surface area contributed by atoms with Crippen LogP contribution < -0.4 is 5.32 Å². The number of hydrogen-bond acceptors (Lipinski definition) is 3. The second-order valence-corrected chi connectivity index (χ2v) is 6.25. The number of nitrogens with zero attached hydrogens (tertiary/aromatic N) is 1. The third-order valence-electron chi connectivity index (χ3n) is 3.24. The Balaban J connectivity index is 1.73. The molecule has 0 unspecified atom stereocenters. The molecule has 2 heterocycles. The summed E-state index contributed by atoms with van der Waals surface area (Å²) in [5.74, 6) is 1.69. The highest BCUT2D eigenvalue weighted by atomic mass is 79.9. The van der Waals surface area contributed by atoms with E-state index in [1.807, 2.05) is 53.4 Å². The molecule has 0 amide bonds. The van der Waals surface area contributed by atoms with Crippen molar-refractivity contribution < 1.29 is 8.83 Å². The number of benzene rings is 1. The van der Waals surface area contributed by atoms with Crippen LogP contribution in [0.25, 0.3) is 0 Å². The average molecular weight is 391 g/mol. The molecule has 0 aliphatic carbocycles. The number of furan rings is 2. The maximum Gasteiger partial charge on any atom is 0.174 e. The Labute approximate surface area is 148 Å². The molecule has 4 nitrogen and oxygen atoms in total. The first-order valence-electron chi connectivity index (χ1n) is 7.07. The van der Waals surface area contributed by atoms with Crippen LogP contribution in [0.4, 0.5) is 5.69 Å². The highest BCUT2D eigenvalue weighted by Gasteiger charge is 2.14. The maximum absolute atomic E-state index is 5.56. The molecule has 0 atom stereocenters. The fourth-order valence-corrected chi connectivity index (χ4v) is 2.63. The molecule has 0 spiro atoms. The van der Waals surface area contributed by atoms with Gasteiger partial charge in [0.05, 0.1) is 25.6 Å². The zero-order valence-electron chi connectivity index (χ0n) is 12.2. The minimum Gasteiger partial charge on any atom is -0.467 e. The van der Waals surface area contributed by atoms with Crippen LogP contribution in [-0.2, 0) is 13.1 Å². The Morgan fingerprint density at radius 2 is 1.52 bits per heavy atom. The van der Waals surface area contributed by atoms with E-state index in [1.54, 1.807) is 12.5 Å². The lowest BCUT2D eigenvalue weighted by atomic mass is 10.3. The molecule has 0 saturated heterocycles. The number of hydrogen-bond donors (Lipinski definition) is 1. The van der Waals surface area contributed by atoms with E-state index in [0.717, 1.165) is 21.7 Å². The van der Waals surface area contributed by atoms with Crippen molar-refractivity contribution in [3.63, 3.8) is 0 Å². The first-order valence-corrected chi connectivity index (χ1v) is 8.27. The quantitative estimate of drug-likeness (QED) is 0.618. The van der Waals surface area contributed by atoms with Gasteiger partial charge in [-0.25, -0.2) is 0 Å². The van der Waals surface area contributed by atoms with Crippen LogP contribution in [0.15, 0.2) is 74.4 Å². The molecule has 0 radical (unpaired) electrons. The van der Waals surface area contributed by atoms with E-state index in [2.05, 4.69) is 21.2 Å². The van der Waals surface area contributed by atoms with Crippen molar-refractivity contribution in [2.75, 3.05) is 5.32 Å². The number of nitrogens with one attached hydrogen (secondary N) is 1. The Bertz CT molecular complexity index is 703. The van der Waals surface area contributed by atoms with Crippen LogP contribution in [0.2, 0.25) is 0 Å². The van der Waals surface area contributed by atoms with E-state index in [9.17, 15) is 0 Å². The molecule has 3 rings (SSSR count). The van der Waals surface area contributed by atoms with Crippen LogP contribution >= 0.6 is 28.1 Å². The molecule has 23 heavy (non-hydrogen) atoms. The molecule has 3 aromatic rings. The smallest absolute Gasteiger partial charge is 0.174 e. The number of thiocarbonyl (C=S) groups is 1. The maximum atomic E-state index is 5.56. The molecule has 2 aromatic heterocycles. The van der Waals surface area contributed by atoms with Gasteiger partial charge in [0.1, 0.15) is 11.5 Å². The fourth-order valence-electron chi connectivity index (χ4n) is 2.12. The summed E-state index contributed by atoms with van der Waals surface area (Å²) in [6, 6.07) is 15.5. The molecule has 1 aromatic carbocycles. The highest BCUT2D eigenvalue weighted by Crippen LogP contribution is 2.17. The number of halogens is 1. The van der Waals surface area contributed by atoms with Gasteiger partial charge in [-0.05, 0) is 60.7 Å². The van der Waals surface area contributed by atoms with Gasteiger partial charge in [-0.3, -0.25) is 0 Å². The zero-order valence-corrected chi connectivity index (χ0v) is 14.6. The van der Waals surface area contributed by atoms with Crippen LogP contribution in [0.3, 0.4) is 0 Å². The second kappa shape index (κ2) is 7.48. The molecule has 118 valence electrons. The molecule has 0 fully saturated rings. The Morgan fingerprint density at radius 1 is 0.957 bits per heavy atom. The van der Waals surface area contributed by atoms with Crippen molar-refractivity contribution in [2.24, 2.45) is 0 Å². The molecular formula is C17H15BrN2O2S. The number of rotatable bonds is 5. The summed E-state index contributed by atoms with van der Waals surface area (Å²) in [5, 5.41) is 3.86. The summed E-state index contributed by atoms with van der Waals surface area (Å²) in [6.45, 7) is 1.13. The third kappa shape index (κ3) is 4.46. The summed E-state index contributed by atoms with van der Waals surface area (Å²) >= 11 is 8.98. The molecule has 0 aliphatic rings. The lowest BCUT2D eigenvalue weighted by Gasteiger charge is -2.24. The number of anilines is 1. The molecular weight excluding hydrogens is 376 g/mol. The Morgan fingerprint density at radius 3 is 2.00 bits per heavy atom. The van der Waals surface area contributed by atoms with E-state index < -0.39 is 0 Å². The normalized spacial score (nSPS) is 10.5. The molecule has 0 saturated carbocycles.